The zero-order chi connectivity index (χ0) is 14.1. The molecule has 1 saturated carbocycles. The topological polar surface area (TPSA) is 72.2 Å². The van der Waals surface area contributed by atoms with Gasteiger partial charge in [-0.15, -0.1) is 0 Å². The summed E-state index contributed by atoms with van der Waals surface area (Å²) in [6, 6.07) is 6.01. The number of hydrogen-bond acceptors (Lipinski definition) is 3. The van der Waals surface area contributed by atoms with Crippen LogP contribution in [0.4, 0.5) is 0 Å². The van der Waals surface area contributed by atoms with Crippen LogP contribution in [-0.4, -0.2) is 18.9 Å². The van der Waals surface area contributed by atoms with E-state index in [1.54, 1.807) is 0 Å². The summed E-state index contributed by atoms with van der Waals surface area (Å²) in [5.74, 6) is 0. The van der Waals surface area contributed by atoms with Crippen molar-refractivity contribution in [2.45, 2.75) is 36.1 Å². The fourth-order valence-electron chi connectivity index (χ4n) is 2.31. The van der Waals surface area contributed by atoms with E-state index in [1.807, 2.05) is 0 Å². The lowest BCUT2D eigenvalue weighted by Crippen LogP contribution is -2.54. The third-order valence-electron chi connectivity index (χ3n) is 3.38. The minimum atomic E-state index is -3.64. The Bertz CT molecular complexity index is 578. The molecule has 0 atom stereocenters. The molecule has 4 nitrogen and oxygen atoms in total. The first kappa shape index (κ1) is 14.7. The number of thiocarbonyl (C=S) groups is 1. The van der Waals surface area contributed by atoms with Crippen molar-refractivity contribution in [2.75, 3.05) is 0 Å². The number of hydrogen-bond donors (Lipinski definition) is 2. The second-order valence-corrected chi connectivity index (χ2v) is 7.27. The molecule has 1 aromatic rings. The van der Waals surface area contributed by atoms with Gasteiger partial charge in [0.05, 0.1) is 15.4 Å². The maximum absolute atomic E-state index is 12.3. The van der Waals surface area contributed by atoms with E-state index in [0.29, 0.717) is 17.9 Å². The first-order chi connectivity index (χ1) is 8.86. The van der Waals surface area contributed by atoms with Crippen LogP contribution in [0.1, 0.15) is 25.7 Å². The van der Waals surface area contributed by atoms with Gasteiger partial charge in [0.2, 0.25) is 10.0 Å². The Kier molecular flexibility index (Phi) is 4.15. The molecule has 0 unspecified atom stereocenters. The first-order valence-electron chi connectivity index (χ1n) is 5.95. The smallest absolute Gasteiger partial charge is 0.241 e. The van der Waals surface area contributed by atoms with Crippen LogP contribution in [0.5, 0.6) is 0 Å². The number of benzene rings is 1. The average Bonchev–Trinajstić information content (AvgIpc) is 2.78. The van der Waals surface area contributed by atoms with Gasteiger partial charge in [0, 0.05) is 5.02 Å². The van der Waals surface area contributed by atoms with Crippen LogP contribution >= 0.6 is 23.8 Å². The van der Waals surface area contributed by atoms with Crippen molar-refractivity contribution in [1.29, 1.82) is 0 Å². The molecule has 0 bridgehead atoms. The second-order valence-electron chi connectivity index (χ2n) is 4.71. The van der Waals surface area contributed by atoms with Crippen molar-refractivity contribution in [1.82, 2.24) is 4.72 Å². The SMILES string of the molecule is NC(=S)C1(NS(=O)(=O)c2ccc(Cl)cc2)CCCC1. The minimum absolute atomic E-state index is 0.166. The molecule has 0 heterocycles. The van der Waals surface area contributed by atoms with Gasteiger partial charge in [0.1, 0.15) is 0 Å². The highest BCUT2D eigenvalue weighted by molar-refractivity contribution is 7.89. The summed E-state index contributed by atoms with van der Waals surface area (Å²) < 4.78 is 27.3. The lowest BCUT2D eigenvalue weighted by Gasteiger charge is -2.28. The third kappa shape index (κ3) is 3.08. The zero-order valence-corrected chi connectivity index (χ0v) is 12.6. The van der Waals surface area contributed by atoms with E-state index in [4.69, 9.17) is 29.6 Å². The Hall–Kier alpha value is -0.690. The van der Waals surface area contributed by atoms with Crippen LogP contribution in [0.2, 0.25) is 5.02 Å². The van der Waals surface area contributed by atoms with Crippen molar-refractivity contribution in [3.8, 4) is 0 Å². The predicted octanol–water partition coefficient (Wildman–Crippen LogP) is 2.22. The first-order valence-corrected chi connectivity index (χ1v) is 8.22. The van der Waals surface area contributed by atoms with Crippen LogP contribution in [0, 0.1) is 0 Å². The van der Waals surface area contributed by atoms with E-state index >= 15 is 0 Å². The van der Waals surface area contributed by atoms with Gasteiger partial charge in [-0.2, -0.15) is 4.72 Å². The Morgan fingerprint density at radius 3 is 2.26 bits per heavy atom. The van der Waals surface area contributed by atoms with Crippen molar-refractivity contribution < 1.29 is 8.42 Å². The molecule has 1 fully saturated rings. The molecule has 104 valence electrons. The summed E-state index contributed by atoms with van der Waals surface area (Å²) in [7, 11) is -3.64. The van der Waals surface area contributed by atoms with Crippen LogP contribution < -0.4 is 10.5 Å². The second kappa shape index (κ2) is 5.36. The zero-order valence-electron chi connectivity index (χ0n) is 10.2. The van der Waals surface area contributed by atoms with Gasteiger partial charge in [-0.05, 0) is 37.1 Å². The van der Waals surface area contributed by atoms with E-state index in [1.165, 1.54) is 24.3 Å². The molecule has 0 aliphatic heterocycles. The Balaban J connectivity index is 2.30. The van der Waals surface area contributed by atoms with Crippen LogP contribution in [-0.2, 0) is 10.0 Å². The summed E-state index contributed by atoms with van der Waals surface area (Å²) in [6.45, 7) is 0. The number of sulfonamides is 1. The van der Waals surface area contributed by atoms with Gasteiger partial charge >= 0.3 is 0 Å². The largest absolute Gasteiger partial charge is 0.392 e. The Morgan fingerprint density at radius 2 is 1.79 bits per heavy atom. The van der Waals surface area contributed by atoms with E-state index in [2.05, 4.69) is 4.72 Å². The van der Waals surface area contributed by atoms with Gasteiger partial charge in [-0.1, -0.05) is 36.7 Å². The number of nitrogens with two attached hydrogens (primary N) is 1. The van der Waals surface area contributed by atoms with Gasteiger partial charge < -0.3 is 5.73 Å². The molecule has 1 aliphatic carbocycles. The van der Waals surface area contributed by atoms with E-state index in [-0.39, 0.29) is 9.88 Å². The molecule has 1 aliphatic rings. The molecule has 19 heavy (non-hydrogen) atoms. The standard InChI is InChI=1S/C12H15ClN2O2S2/c13-9-3-5-10(6-4-9)19(16,17)15-12(11(14)18)7-1-2-8-12/h3-6,15H,1-2,7-8H2,(H2,14,18). The number of nitrogens with one attached hydrogen (secondary N) is 1. The quantitative estimate of drug-likeness (QED) is 0.835. The van der Waals surface area contributed by atoms with Crippen LogP contribution in [0.25, 0.3) is 0 Å². The summed E-state index contributed by atoms with van der Waals surface area (Å²) in [4.78, 5) is 0.377. The molecule has 0 radical (unpaired) electrons. The van der Waals surface area contributed by atoms with Gasteiger partial charge in [-0.25, -0.2) is 8.42 Å². The molecule has 3 N–H and O–H groups in total. The summed E-state index contributed by atoms with van der Waals surface area (Å²) >= 11 is 10.8. The number of halogens is 1. The highest BCUT2D eigenvalue weighted by Crippen LogP contribution is 2.31. The molecular formula is C12H15ClN2O2S2. The fourth-order valence-corrected chi connectivity index (χ4v) is 4.19. The number of rotatable bonds is 4. The monoisotopic (exact) mass is 318 g/mol. The lowest BCUT2D eigenvalue weighted by molar-refractivity contribution is 0.503. The highest BCUT2D eigenvalue weighted by Gasteiger charge is 2.40. The van der Waals surface area contributed by atoms with Gasteiger partial charge in [0.15, 0.2) is 0 Å². The normalized spacial score (nSPS) is 18.4. The summed E-state index contributed by atoms with van der Waals surface area (Å²) in [6.07, 6.45) is 3.13. The van der Waals surface area contributed by atoms with Gasteiger partial charge in [0.25, 0.3) is 0 Å². The Labute approximate surface area is 123 Å². The maximum atomic E-state index is 12.3. The molecule has 0 saturated heterocycles. The van der Waals surface area contributed by atoms with Crippen molar-refractivity contribution in [3.05, 3.63) is 29.3 Å². The minimum Gasteiger partial charge on any atom is -0.392 e. The van der Waals surface area contributed by atoms with E-state index in [9.17, 15) is 8.42 Å². The molecule has 1 aromatic carbocycles. The van der Waals surface area contributed by atoms with Crippen molar-refractivity contribution >= 4 is 38.8 Å². The summed E-state index contributed by atoms with van der Waals surface area (Å²) in [5, 5.41) is 0.490. The van der Waals surface area contributed by atoms with E-state index in [0.717, 1.165) is 12.8 Å². The van der Waals surface area contributed by atoms with E-state index < -0.39 is 15.6 Å². The third-order valence-corrected chi connectivity index (χ3v) is 5.58. The predicted molar refractivity (Wildman–Crippen MR) is 79.8 cm³/mol. The fraction of sp³-hybridized carbons (Fsp3) is 0.417. The van der Waals surface area contributed by atoms with Crippen molar-refractivity contribution in [2.24, 2.45) is 5.73 Å². The Morgan fingerprint density at radius 1 is 1.26 bits per heavy atom. The molecule has 0 aromatic heterocycles. The molecular weight excluding hydrogens is 304 g/mol. The molecule has 2 rings (SSSR count). The molecule has 0 amide bonds. The van der Waals surface area contributed by atoms with Crippen LogP contribution in [0.15, 0.2) is 29.2 Å². The van der Waals surface area contributed by atoms with Gasteiger partial charge in [-0.3, -0.25) is 0 Å². The molecule has 7 heteroatoms. The average molecular weight is 319 g/mol. The summed E-state index contributed by atoms with van der Waals surface area (Å²) in [5.41, 5.74) is 4.94. The highest BCUT2D eigenvalue weighted by atomic mass is 35.5. The van der Waals surface area contributed by atoms with Crippen molar-refractivity contribution in [3.63, 3.8) is 0 Å². The van der Waals surface area contributed by atoms with Crippen LogP contribution in [0.3, 0.4) is 0 Å². The molecule has 0 spiro atoms. The maximum Gasteiger partial charge on any atom is 0.241 e. The lowest BCUT2D eigenvalue weighted by atomic mass is 10.00.